The summed E-state index contributed by atoms with van der Waals surface area (Å²) in [4.78, 5) is 23.6. The van der Waals surface area contributed by atoms with E-state index in [9.17, 15) is 9.59 Å². The number of aromatic nitrogens is 2. The maximum absolute atomic E-state index is 11.9. The molecule has 0 radical (unpaired) electrons. The minimum Gasteiger partial charge on any atom is -0.375 e. The maximum Gasteiger partial charge on any atom is 0.241 e. The number of nitrogens with one attached hydrogen (secondary N) is 3. The second-order valence-electron chi connectivity index (χ2n) is 5.72. The Morgan fingerprint density at radius 1 is 1.41 bits per heavy atom. The van der Waals surface area contributed by atoms with Crippen molar-refractivity contribution in [3.05, 3.63) is 12.4 Å². The van der Waals surface area contributed by atoms with Crippen molar-refractivity contribution in [3.8, 4) is 0 Å². The first-order valence-corrected chi connectivity index (χ1v) is 7.63. The van der Waals surface area contributed by atoms with Crippen LogP contribution in [0.25, 0.3) is 0 Å². The van der Waals surface area contributed by atoms with Gasteiger partial charge in [0.05, 0.1) is 31.0 Å². The lowest BCUT2D eigenvalue weighted by Crippen LogP contribution is -2.40. The summed E-state index contributed by atoms with van der Waals surface area (Å²) < 4.78 is 7.01. The molecule has 3 N–H and O–H groups in total. The molecule has 1 atom stereocenters. The smallest absolute Gasteiger partial charge is 0.241 e. The third-order valence-corrected chi connectivity index (χ3v) is 3.58. The molecule has 2 amide bonds. The Kier molecular flexibility index (Phi) is 4.69. The summed E-state index contributed by atoms with van der Waals surface area (Å²) in [5.41, 5.74) is 0.591. The van der Waals surface area contributed by atoms with E-state index in [1.807, 2.05) is 0 Å². The standard InChI is InChI=1S/C14H21N5O3/c20-13(5-12-7-15-3-4-22-12)18-11-6-16-19(8-11)9-14(21)17-10-1-2-10/h6,8,10,12,15H,1-5,7,9H2,(H,17,21)(H,18,20). The minimum absolute atomic E-state index is 0.0508. The predicted octanol–water partition coefficient (Wildman–Crippen LogP) is -0.521. The predicted molar refractivity (Wildman–Crippen MR) is 79.2 cm³/mol. The second-order valence-corrected chi connectivity index (χ2v) is 5.72. The van der Waals surface area contributed by atoms with Crippen molar-refractivity contribution in [2.24, 2.45) is 0 Å². The normalized spacial score (nSPS) is 21.4. The van der Waals surface area contributed by atoms with E-state index in [0.717, 1.165) is 19.4 Å². The van der Waals surface area contributed by atoms with Crippen molar-refractivity contribution in [1.82, 2.24) is 20.4 Å². The van der Waals surface area contributed by atoms with Gasteiger partial charge in [0.1, 0.15) is 6.54 Å². The van der Waals surface area contributed by atoms with Gasteiger partial charge in [0.25, 0.3) is 0 Å². The van der Waals surface area contributed by atoms with Gasteiger partial charge in [-0.1, -0.05) is 0 Å². The van der Waals surface area contributed by atoms with Gasteiger partial charge in [-0.15, -0.1) is 0 Å². The number of amides is 2. The molecule has 0 bridgehead atoms. The zero-order valence-electron chi connectivity index (χ0n) is 12.4. The highest BCUT2D eigenvalue weighted by molar-refractivity contribution is 5.90. The molecule has 1 saturated heterocycles. The average Bonchev–Trinajstić information content (AvgIpc) is 3.19. The van der Waals surface area contributed by atoms with Gasteiger partial charge in [-0.25, -0.2) is 0 Å². The molecule has 2 heterocycles. The Labute approximate surface area is 128 Å². The van der Waals surface area contributed by atoms with Crippen LogP contribution in [0.15, 0.2) is 12.4 Å². The number of hydrogen-bond donors (Lipinski definition) is 3. The first kappa shape index (κ1) is 15.0. The zero-order valence-corrected chi connectivity index (χ0v) is 12.4. The molecule has 1 unspecified atom stereocenters. The van der Waals surface area contributed by atoms with E-state index in [1.54, 1.807) is 12.4 Å². The van der Waals surface area contributed by atoms with Crippen LogP contribution in [0.4, 0.5) is 5.69 Å². The van der Waals surface area contributed by atoms with E-state index in [1.165, 1.54) is 4.68 Å². The molecule has 120 valence electrons. The number of carbonyl (C=O) groups is 2. The Morgan fingerprint density at radius 2 is 2.27 bits per heavy atom. The van der Waals surface area contributed by atoms with Crippen LogP contribution in [0.5, 0.6) is 0 Å². The van der Waals surface area contributed by atoms with Gasteiger partial charge >= 0.3 is 0 Å². The Balaban J connectivity index is 1.43. The monoisotopic (exact) mass is 307 g/mol. The lowest BCUT2D eigenvalue weighted by molar-refractivity contribution is -0.122. The average molecular weight is 307 g/mol. The Morgan fingerprint density at radius 3 is 3.00 bits per heavy atom. The second kappa shape index (κ2) is 6.89. The number of rotatable bonds is 6. The summed E-state index contributed by atoms with van der Waals surface area (Å²) in [6.07, 6.45) is 5.54. The van der Waals surface area contributed by atoms with E-state index in [0.29, 0.717) is 31.3 Å². The fourth-order valence-electron chi connectivity index (χ4n) is 2.33. The van der Waals surface area contributed by atoms with Crippen molar-refractivity contribution in [1.29, 1.82) is 0 Å². The number of morpholine rings is 1. The summed E-state index contributed by atoms with van der Waals surface area (Å²) in [6, 6.07) is 0.339. The van der Waals surface area contributed by atoms with E-state index < -0.39 is 0 Å². The van der Waals surface area contributed by atoms with Gasteiger partial charge in [-0.3, -0.25) is 14.3 Å². The van der Waals surface area contributed by atoms with Crippen molar-refractivity contribution < 1.29 is 14.3 Å². The first-order chi connectivity index (χ1) is 10.7. The van der Waals surface area contributed by atoms with E-state index in [2.05, 4.69) is 21.0 Å². The van der Waals surface area contributed by atoms with Crippen LogP contribution in [0, 0.1) is 0 Å². The van der Waals surface area contributed by atoms with Crippen LogP contribution < -0.4 is 16.0 Å². The summed E-state index contributed by atoms with van der Waals surface area (Å²) in [5.74, 6) is -0.166. The lowest BCUT2D eigenvalue weighted by atomic mass is 10.2. The van der Waals surface area contributed by atoms with Crippen molar-refractivity contribution >= 4 is 17.5 Å². The fourth-order valence-corrected chi connectivity index (χ4v) is 2.33. The SMILES string of the molecule is O=C(CC1CNCCO1)Nc1cnn(CC(=O)NC2CC2)c1. The van der Waals surface area contributed by atoms with E-state index >= 15 is 0 Å². The molecule has 1 aliphatic heterocycles. The topological polar surface area (TPSA) is 97.3 Å². The van der Waals surface area contributed by atoms with Gasteiger partial charge in [-0.05, 0) is 12.8 Å². The molecule has 0 spiro atoms. The number of anilines is 1. The van der Waals surface area contributed by atoms with Gasteiger partial charge < -0.3 is 20.7 Å². The van der Waals surface area contributed by atoms with Crippen LogP contribution in [-0.2, 0) is 20.9 Å². The van der Waals surface area contributed by atoms with Crippen molar-refractivity contribution in [3.63, 3.8) is 0 Å². The molecule has 1 saturated carbocycles. The molecule has 2 fully saturated rings. The largest absolute Gasteiger partial charge is 0.375 e. The summed E-state index contributed by atoms with van der Waals surface area (Å²) >= 11 is 0. The third-order valence-electron chi connectivity index (χ3n) is 3.58. The quantitative estimate of drug-likeness (QED) is 0.657. The molecule has 3 rings (SSSR count). The zero-order chi connectivity index (χ0) is 15.4. The van der Waals surface area contributed by atoms with Crippen LogP contribution >= 0.6 is 0 Å². The van der Waals surface area contributed by atoms with Gasteiger partial charge in [-0.2, -0.15) is 5.10 Å². The molecule has 1 aromatic rings. The van der Waals surface area contributed by atoms with Crippen LogP contribution in [0.2, 0.25) is 0 Å². The maximum atomic E-state index is 11.9. The molecule has 2 aliphatic rings. The third kappa shape index (κ3) is 4.54. The molecule has 22 heavy (non-hydrogen) atoms. The summed E-state index contributed by atoms with van der Waals surface area (Å²) in [6.45, 7) is 2.32. The first-order valence-electron chi connectivity index (χ1n) is 7.63. The number of ether oxygens (including phenoxy) is 1. The van der Waals surface area contributed by atoms with Crippen LogP contribution in [0.3, 0.4) is 0 Å². The molecular weight excluding hydrogens is 286 g/mol. The molecule has 8 nitrogen and oxygen atoms in total. The summed E-state index contributed by atoms with van der Waals surface area (Å²) in [7, 11) is 0. The minimum atomic E-state index is -0.115. The molecule has 1 aromatic heterocycles. The number of hydrogen-bond acceptors (Lipinski definition) is 5. The lowest BCUT2D eigenvalue weighted by Gasteiger charge is -2.22. The highest BCUT2D eigenvalue weighted by Gasteiger charge is 2.23. The molecule has 1 aliphatic carbocycles. The summed E-state index contributed by atoms with van der Waals surface area (Å²) in [5, 5.41) is 12.9. The highest BCUT2D eigenvalue weighted by Crippen LogP contribution is 2.18. The van der Waals surface area contributed by atoms with Gasteiger partial charge in [0.15, 0.2) is 0 Å². The molecule has 8 heteroatoms. The fraction of sp³-hybridized carbons (Fsp3) is 0.643. The van der Waals surface area contributed by atoms with E-state index in [4.69, 9.17) is 4.74 Å². The number of nitrogens with zero attached hydrogens (tertiary/aromatic N) is 2. The Hall–Kier alpha value is -1.93. The van der Waals surface area contributed by atoms with E-state index in [-0.39, 0.29) is 24.5 Å². The van der Waals surface area contributed by atoms with Gasteiger partial charge in [0, 0.05) is 25.3 Å². The van der Waals surface area contributed by atoms with Crippen LogP contribution in [-0.4, -0.2) is 53.4 Å². The number of carbonyl (C=O) groups excluding carboxylic acids is 2. The molecule has 0 aromatic carbocycles. The van der Waals surface area contributed by atoms with Crippen molar-refractivity contribution in [2.75, 3.05) is 25.0 Å². The van der Waals surface area contributed by atoms with Crippen molar-refractivity contribution in [2.45, 2.75) is 38.0 Å². The highest BCUT2D eigenvalue weighted by atomic mass is 16.5. The Bertz CT molecular complexity index is 534. The molecular formula is C14H21N5O3. The van der Waals surface area contributed by atoms with Crippen LogP contribution in [0.1, 0.15) is 19.3 Å². The van der Waals surface area contributed by atoms with Gasteiger partial charge in [0.2, 0.25) is 11.8 Å².